The van der Waals surface area contributed by atoms with Gasteiger partial charge in [0.1, 0.15) is 0 Å². The zero-order chi connectivity index (χ0) is 15.9. The Morgan fingerprint density at radius 3 is 2.55 bits per heavy atom. The maximum Gasteiger partial charge on any atom is 0.231 e. The zero-order valence-electron chi connectivity index (χ0n) is 13.0. The Morgan fingerprint density at radius 2 is 1.95 bits per heavy atom. The van der Waals surface area contributed by atoms with E-state index in [1.165, 1.54) is 11.8 Å². The second-order valence-electron chi connectivity index (χ2n) is 4.74. The number of carbonyl (C=O) groups is 1. The van der Waals surface area contributed by atoms with Crippen molar-refractivity contribution in [3.05, 3.63) is 0 Å². The lowest BCUT2D eigenvalue weighted by Gasteiger charge is -2.28. The fourth-order valence-corrected chi connectivity index (χ4v) is 2.65. The van der Waals surface area contributed by atoms with E-state index in [0.717, 1.165) is 26.2 Å². The first-order valence-electron chi connectivity index (χ1n) is 7.38. The van der Waals surface area contributed by atoms with Crippen LogP contribution in [0.3, 0.4) is 0 Å². The van der Waals surface area contributed by atoms with Gasteiger partial charge in [-0.1, -0.05) is 11.8 Å². The van der Waals surface area contributed by atoms with Gasteiger partial charge in [-0.05, 0) is 13.8 Å². The highest BCUT2D eigenvalue weighted by molar-refractivity contribution is 7.99. The average molecular weight is 326 g/mol. The number of amides is 1. The van der Waals surface area contributed by atoms with Crippen LogP contribution < -0.4 is 15.5 Å². The molecule has 1 fully saturated rings. The summed E-state index contributed by atoms with van der Waals surface area (Å²) in [6.45, 7) is 8.55. The van der Waals surface area contributed by atoms with E-state index >= 15 is 0 Å². The number of primary amides is 1. The van der Waals surface area contributed by atoms with Crippen LogP contribution in [0.15, 0.2) is 5.16 Å². The second-order valence-corrected chi connectivity index (χ2v) is 5.69. The molecule has 2 rings (SSSR count). The first-order valence-corrected chi connectivity index (χ1v) is 8.37. The Labute approximate surface area is 134 Å². The third kappa shape index (κ3) is 4.44. The number of thioether (sulfide) groups is 1. The predicted molar refractivity (Wildman–Crippen MR) is 86.3 cm³/mol. The fourth-order valence-electron chi connectivity index (χ4n) is 2.09. The molecule has 0 aromatic carbocycles. The van der Waals surface area contributed by atoms with E-state index in [9.17, 15) is 4.79 Å². The van der Waals surface area contributed by atoms with E-state index in [0.29, 0.717) is 30.3 Å². The van der Waals surface area contributed by atoms with Crippen LogP contribution in [0.5, 0.6) is 0 Å². The molecule has 9 heteroatoms. The quantitative estimate of drug-likeness (QED) is 0.706. The molecule has 1 aromatic rings. The van der Waals surface area contributed by atoms with Crippen molar-refractivity contribution in [2.45, 2.75) is 19.0 Å². The number of rotatable bonds is 7. The lowest BCUT2D eigenvalue weighted by atomic mass is 10.4. The van der Waals surface area contributed by atoms with Crippen molar-refractivity contribution in [2.75, 3.05) is 54.9 Å². The molecule has 0 spiro atoms. The van der Waals surface area contributed by atoms with E-state index in [1.807, 2.05) is 0 Å². The Balaban J connectivity index is 2.27. The monoisotopic (exact) mass is 326 g/mol. The van der Waals surface area contributed by atoms with Crippen LogP contribution in [0.4, 0.5) is 11.9 Å². The number of carbonyl (C=O) groups excluding carboxylic acids is 1. The highest BCUT2D eigenvalue weighted by atomic mass is 32.2. The van der Waals surface area contributed by atoms with Gasteiger partial charge >= 0.3 is 0 Å². The molecule has 0 aliphatic carbocycles. The number of morpholine rings is 1. The molecule has 1 aromatic heterocycles. The summed E-state index contributed by atoms with van der Waals surface area (Å²) in [5, 5.41) is 0.525. The first-order chi connectivity index (χ1) is 10.6. The highest BCUT2D eigenvalue weighted by Gasteiger charge is 2.18. The van der Waals surface area contributed by atoms with Crippen LogP contribution in [0.2, 0.25) is 0 Å². The van der Waals surface area contributed by atoms with E-state index in [2.05, 4.69) is 38.6 Å². The van der Waals surface area contributed by atoms with Crippen molar-refractivity contribution < 1.29 is 9.53 Å². The number of nitrogens with two attached hydrogens (primary N) is 1. The van der Waals surface area contributed by atoms with Crippen LogP contribution in [-0.4, -0.2) is 66.0 Å². The Hall–Kier alpha value is -1.61. The summed E-state index contributed by atoms with van der Waals surface area (Å²) in [5.41, 5.74) is 5.20. The minimum atomic E-state index is -0.386. The van der Waals surface area contributed by atoms with Crippen LogP contribution in [0.25, 0.3) is 0 Å². The van der Waals surface area contributed by atoms with E-state index in [-0.39, 0.29) is 11.7 Å². The van der Waals surface area contributed by atoms with Gasteiger partial charge in [-0.3, -0.25) is 4.79 Å². The molecule has 1 amide bonds. The topological polar surface area (TPSA) is 97.5 Å². The second kappa shape index (κ2) is 8.14. The lowest BCUT2D eigenvalue weighted by molar-refractivity contribution is -0.115. The van der Waals surface area contributed by atoms with Gasteiger partial charge in [0.15, 0.2) is 5.16 Å². The molecule has 1 saturated heterocycles. The van der Waals surface area contributed by atoms with Gasteiger partial charge in [0.2, 0.25) is 17.8 Å². The highest BCUT2D eigenvalue weighted by Crippen LogP contribution is 2.21. The normalized spacial score (nSPS) is 14.9. The summed E-state index contributed by atoms with van der Waals surface area (Å²) in [7, 11) is 0. The summed E-state index contributed by atoms with van der Waals surface area (Å²) in [4.78, 5) is 28.6. The van der Waals surface area contributed by atoms with Crippen molar-refractivity contribution in [3.63, 3.8) is 0 Å². The SMILES string of the molecule is CCN(CC)c1nc(SCC(N)=O)nc(N2CCOCC2)n1. The summed E-state index contributed by atoms with van der Waals surface area (Å²) in [5.74, 6) is 1.04. The first kappa shape index (κ1) is 16.8. The van der Waals surface area contributed by atoms with E-state index in [1.54, 1.807) is 0 Å². The number of hydrogen-bond donors (Lipinski definition) is 1. The maximum absolute atomic E-state index is 11.0. The molecule has 0 atom stereocenters. The standard InChI is InChI=1S/C13H22N6O2S/c1-3-18(4-2)11-15-12(19-5-7-21-8-6-19)17-13(16-11)22-9-10(14)20/h3-9H2,1-2H3,(H2,14,20). The number of anilines is 2. The molecular formula is C13H22N6O2S. The minimum absolute atomic E-state index is 0.157. The van der Waals surface area contributed by atoms with Crippen molar-refractivity contribution in [2.24, 2.45) is 5.73 Å². The molecule has 122 valence electrons. The summed E-state index contributed by atoms with van der Waals surface area (Å²) in [6, 6.07) is 0. The molecule has 0 unspecified atom stereocenters. The van der Waals surface area contributed by atoms with Gasteiger partial charge in [-0.25, -0.2) is 0 Å². The zero-order valence-corrected chi connectivity index (χ0v) is 13.8. The largest absolute Gasteiger partial charge is 0.378 e. The van der Waals surface area contributed by atoms with Crippen LogP contribution in [0, 0.1) is 0 Å². The molecule has 0 radical (unpaired) electrons. The fraction of sp³-hybridized carbons (Fsp3) is 0.692. The van der Waals surface area contributed by atoms with Gasteiger partial charge in [0.25, 0.3) is 0 Å². The molecule has 0 saturated carbocycles. The van der Waals surface area contributed by atoms with E-state index in [4.69, 9.17) is 10.5 Å². The Kier molecular flexibility index (Phi) is 6.20. The maximum atomic E-state index is 11.0. The predicted octanol–water partition coefficient (Wildman–Crippen LogP) is 0.132. The van der Waals surface area contributed by atoms with Crippen molar-refractivity contribution in [3.8, 4) is 0 Å². The van der Waals surface area contributed by atoms with E-state index < -0.39 is 0 Å². The van der Waals surface area contributed by atoms with Gasteiger partial charge in [-0.15, -0.1) is 0 Å². The summed E-state index contributed by atoms with van der Waals surface area (Å²) < 4.78 is 5.36. The van der Waals surface area contributed by atoms with Crippen molar-refractivity contribution in [1.82, 2.24) is 15.0 Å². The van der Waals surface area contributed by atoms with Gasteiger partial charge in [0, 0.05) is 26.2 Å². The lowest BCUT2D eigenvalue weighted by Crippen LogP contribution is -2.38. The minimum Gasteiger partial charge on any atom is -0.378 e. The van der Waals surface area contributed by atoms with Gasteiger partial charge in [0.05, 0.1) is 19.0 Å². The third-order valence-corrected chi connectivity index (χ3v) is 4.14. The molecule has 2 heterocycles. The molecule has 1 aliphatic heterocycles. The molecule has 22 heavy (non-hydrogen) atoms. The molecule has 1 aliphatic rings. The van der Waals surface area contributed by atoms with Crippen LogP contribution >= 0.6 is 11.8 Å². The number of aromatic nitrogens is 3. The smallest absolute Gasteiger partial charge is 0.231 e. The van der Waals surface area contributed by atoms with Crippen molar-refractivity contribution in [1.29, 1.82) is 0 Å². The number of hydrogen-bond acceptors (Lipinski definition) is 8. The Bertz CT molecular complexity index is 505. The average Bonchev–Trinajstić information content (AvgIpc) is 2.55. The van der Waals surface area contributed by atoms with Gasteiger partial charge in [-0.2, -0.15) is 15.0 Å². The summed E-state index contributed by atoms with van der Waals surface area (Å²) in [6.07, 6.45) is 0. The Morgan fingerprint density at radius 1 is 1.27 bits per heavy atom. The van der Waals surface area contributed by atoms with Crippen LogP contribution in [-0.2, 0) is 9.53 Å². The summed E-state index contributed by atoms with van der Waals surface area (Å²) >= 11 is 1.24. The molecule has 8 nitrogen and oxygen atoms in total. The molecule has 2 N–H and O–H groups in total. The molecular weight excluding hydrogens is 304 g/mol. The van der Waals surface area contributed by atoms with Crippen LogP contribution in [0.1, 0.15) is 13.8 Å². The number of ether oxygens (including phenoxy) is 1. The third-order valence-electron chi connectivity index (χ3n) is 3.28. The molecule has 0 bridgehead atoms. The number of nitrogens with zero attached hydrogens (tertiary/aromatic N) is 5. The van der Waals surface area contributed by atoms with Gasteiger partial charge < -0.3 is 20.3 Å². The van der Waals surface area contributed by atoms with Crippen molar-refractivity contribution >= 4 is 29.6 Å².